The van der Waals surface area contributed by atoms with Gasteiger partial charge in [-0.3, -0.25) is 0 Å². The molecule has 1 N–H and O–H groups in total. The fourth-order valence-electron chi connectivity index (χ4n) is 1.47. The zero-order valence-corrected chi connectivity index (χ0v) is 13.3. The van der Waals surface area contributed by atoms with E-state index in [1.807, 2.05) is 48.5 Å². The van der Waals surface area contributed by atoms with Crippen LogP contribution in [-0.2, 0) is 4.74 Å². The molecule has 0 spiro atoms. The number of nitrogens with one attached hydrogen (secondary N) is 1. The van der Waals surface area contributed by atoms with Crippen molar-refractivity contribution in [2.24, 2.45) is 0 Å². The predicted molar refractivity (Wildman–Crippen MR) is 79.0 cm³/mol. The zero-order chi connectivity index (χ0) is 15.3. The Labute approximate surface area is 117 Å². The molecule has 0 rings (SSSR count). The highest BCUT2D eigenvalue weighted by molar-refractivity contribution is 5.69. The van der Waals surface area contributed by atoms with Crippen LogP contribution in [0.1, 0.15) is 48.5 Å². The molecule has 0 fully saturated rings. The Kier molecular flexibility index (Phi) is 6.38. The SMILES string of the molecule is C#CC(C)NCCN(C(=O)OC(C)(C)C)C(C)(C)C. The average molecular weight is 268 g/mol. The van der Waals surface area contributed by atoms with Gasteiger partial charge >= 0.3 is 6.09 Å². The molecule has 0 aliphatic carbocycles. The van der Waals surface area contributed by atoms with Crippen LogP contribution in [0.4, 0.5) is 4.79 Å². The number of nitrogens with zero attached hydrogens (tertiary/aromatic N) is 1. The molecule has 0 saturated carbocycles. The number of hydrogen-bond acceptors (Lipinski definition) is 3. The van der Waals surface area contributed by atoms with Crippen molar-refractivity contribution in [3.05, 3.63) is 0 Å². The Hall–Kier alpha value is -1.21. The number of amides is 1. The molecule has 0 aliphatic rings. The lowest BCUT2D eigenvalue weighted by Gasteiger charge is -2.37. The molecular weight excluding hydrogens is 240 g/mol. The average Bonchev–Trinajstić information content (AvgIpc) is 2.19. The maximum atomic E-state index is 12.2. The highest BCUT2D eigenvalue weighted by Gasteiger charge is 2.30. The van der Waals surface area contributed by atoms with Crippen LogP contribution in [0.2, 0.25) is 0 Å². The third-order valence-corrected chi connectivity index (χ3v) is 2.46. The molecule has 4 nitrogen and oxygen atoms in total. The molecule has 0 aromatic heterocycles. The summed E-state index contributed by atoms with van der Waals surface area (Å²) in [5, 5.41) is 3.17. The molecule has 0 radical (unpaired) electrons. The first-order chi connectivity index (χ1) is 8.47. The first-order valence-corrected chi connectivity index (χ1v) is 6.67. The Bertz CT molecular complexity index is 332. The van der Waals surface area contributed by atoms with Crippen LogP contribution in [0, 0.1) is 12.3 Å². The van der Waals surface area contributed by atoms with Crippen LogP contribution in [0.15, 0.2) is 0 Å². The van der Waals surface area contributed by atoms with E-state index in [1.54, 1.807) is 4.90 Å². The predicted octanol–water partition coefficient (Wildman–Crippen LogP) is 2.63. The Balaban J connectivity index is 4.58. The summed E-state index contributed by atoms with van der Waals surface area (Å²) >= 11 is 0. The normalized spacial score (nSPS) is 13.6. The van der Waals surface area contributed by atoms with Gasteiger partial charge in [0.25, 0.3) is 0 Å². The van der Waals surface area contributed by atoms with Crippen molar-refractivity contribution in [3.63, 3.8) is 0 Å². The van der Waals surface area contributed by atoms with Gasteiger partial charge in [-0.25, -0.2) is 4.79 Å². The van der Waals surface area contributed by atoms with Gasteiger partial charge in [0.2, 0.25) is 0 Å². The number of carbonyl (C=O) groups is 1. The second kappa shape index (κ2) is 6.81. The Morgan fingerprint density at radius 2 is 1.84 bits per heavy atom. The van der Waals surface area contributed by atoms with Gasteiger partial charge in [0.1, 0.15) is 5.60 Å². The minimum Gasteiger partial charge on any atom is -0.444 e. The fraction of sp³-hybridized carbons (Fsp3) is 0.800. The van der Waals surface area contributed by atoms with Gasteiger partial charge in [0.05, 0.1) is 6.04 Å². The van der Waals surface area contributed by atoms with E-state index < -0.39 is 5.60 Å². The molecule has 1 amide bonds. The van der Waals surface area contributed by atoms with Crippen LogP contribution in [0.25, 0.3) is 0 Å². The maximum absolute atomic E-state index is 12.2. The van der Waals surface area contributed by atoms with Gasteiger partial charge in [-0.05, 0) is 48.5 Å². The second-order valence-electron chi connectivity index (χ2n) is 6.65. The third-order valence-electron chi connectivity index (χ3n) is 2.46. The Morgan fingerprint density at radius 1 is 1.32 bits per heavy atom. The lowest BCUT2D eigenvalue weighted by Crippen LogP contribution is -2.50. The monoisotopic (exact) mass is 268 g/mol. The number of rotatable bonds is 4. The Morgan fingerprint density at radius 3 is 2.21 bits per heavy atom. The minimum absolute atomic E-state index is 0.000421. The fourth-order valence-corrected chi connectivity index (χ4v) is 1.47. The lowest BCUT2D eigenvalue weighted by molar-refractivity contribution is 0.00658. The maximum Gasteiger partial charge on any atom is 0.410 e. The van der Waals surface area contributed by atoms with Crippen molar-refractivity contribution in [1.29, 1.82) is 0 Å². The van der Waals surface area contributed by atoms with Gasteiger partial charge in [-0.2, -0.15) is 0 Å². The molecule has 1 atom stereocenters. The van der Waals surface area contributed by atoms with Gasteiger partial charge in [-0.1, -0.05) is 5.92 Å². The smallest absolute Gasteiger partial charge is 0.410 e. The van der Waals surface area contributed by atoms with Crippen LogP contribution < -0.4 is 5.32 Å². The molecule has 1 unspecified atom stereocenters. The first-order valence-electron chi connectivity index (χ1n) is 6.67. The summed E-state index contributed by atoms with van der Waals surface area (Å²) in [6.45, 7) is 14.7. The molecule has 0 aromatic carbocycles. The van der Waals surface area contributed by atoms with E-state index in [9.17, 15) is 4.79 Å². The summed E-state index contributed by atoms with van der Waals surface area (Å²) < 4.78 is 5.43. The molecule has 110 valence electrons. The van der Waals surface area contributed by atoms with Gasteiger partial charge in [-0.15, -0.1) is 6.42 Å². The van der Waals surface area contributed by atoms with E-state index in [-0.39, 0.29) is 17.7 Å². The van der Waals surface area contributed by atoms with Crippen molar-refractivity contribution < 1.29 is 9.53 Å². The first kappa shape index (κ1) is 17.8. The molecule has 0 heterocycles. The minimum atomic E-state index is -0.486. The van der Waals surface area contributed by atoms with E-state index in [2.05, 4.69) is 11.2 Å². The van der Waals surface area contributed by atoms with Gasteiger partial charge in [0, 0.05) is 18.6 Å². The van der Waals surface area contributed by atoms with Crippen molar-refractivity contribution in [1.82, 2.24) is 10.2 Å². The van der Waals surface area contributed by atoms with E-state index in [4.69, 9.17) is 11.2 Å². The topological polar surface area (TPSA) is 41.6 Å². The third kappa shape index (κ3) is 7.74. The van der Waals surface area contributed by atoms with Gasteiger partial charge < -0.3 is 15.0 Å². The van der Waals surface area contributed by atoms with E-state index in [0.29, 0.717) is 13.1 Å². The van der Waals surface area contributed by atoms with Gasteiger partial charge in [0.15, 0.2) is 0 Å². The molecule has 0 saturated heterocycles. The molecule has 0 aromatic rings. The highest BCUT2D eigenvalue weighted by Crippen LogP contribution is 2.17. The summed E-state index contributed by atoms with van der Waals surface area (Å²) in [6, 6.07) is 0.000421. The lowest BCUT2D eigenvalue weighted by atomic mass is 10.1. The highest BCUT2D eigenvalue weighted by atomic mass is 16.6. The molecule has 4 heteroatoms. The van der Waals surface area contributed by atoms with E-state index in [0.717, 1.165) is 0 Å². The molecule has 19 heavy (non-hydrogen) atoms. The van der Waals surface area contributed by atoms with Crippen molar-refractivity contribution >= 4 is 6.09 Å². The van der Waals surface area contributed by atoms with Crippen molar-refractivity contribution in [2.75, 3.05) is 13.1 Å². The number of ether oxygens (including phenoxy) is 1. The second-order valence-corrected chi connectivity index (χ2v) is 6.65. The number of hydrogen-bond donors (Lipinski definition) is 1. The molecular formula is C15H28N2O2. The largest absolute Gasteiger partial charge is 0.444 e. The summed E-state index contributed by atoms with van der Waals surface area (Å²) in [7, 11) is 0. The standard InChI is InChI=1S/C15H28N2O2/c1-9-12(2)16-10-11-17(14(3,4)5)13(18)19-15(6,7)8/h1,12,16H,10-11H2,2-8H3. The summed E-state index contributed by atoms with van der Waals surface area (Å²) in [6.07, 6.45) is 5.00. The van der Waals surface area contributed by atoms with Crippen LogP contribution >= 0.6 is 0 Å². The quantitative estimate of drug-likeness (QED) is 0.797. The van der Waals surface area contributed by atoms with Crippen LogP contribution in [0.5, 0.6) is 0 Å². The molecule has 0 bridgehead atoms. The van der Waals surface area contributed by atoms with Crippen molar-refractivity contribution in [2.45, 2.75) is 65.6 Å². The summed E-state index contributed by atoms with van der Waals surface area (Å²) in [5.74, 6) is 2.60. The van der Waals surface area contributed by atoms with E-state index in [1.165, 1.54) is 0 Å². The molecule has 0 aliphatic heterocycles. The van der Waals surface area contributed by atoms with E-state index >= 15 is 0 Å². The van der Waals surface area contributed by atoms with Crippen LogP contribution in [-0.4, -0.2) is 41.3 Å². The van der Waals surface area contributed by atoms with Crippen LogP contribution in [0.3, 0.4) is 0 Å². The zero-order valence-electron chi connectivity index (χ0n) is 13.3. The number of carbonyl (C=O) groups excluding carboxylic acids is 1. The number of terminal acetylenes is 1. The van der Waals surface area contributed by atoms with Crippen molar-refractivity contribution in [3.8, 4) is 12.3 Å². The summed E-state index contributed by atoms with van der Waals surface area (Å²) in [5.41, 5.74) is -0.774. The summed E-state index contributed by atoms with van der Waals surface area (Å²) in [4.78, 5) is 13.9.